The summed E-state index contributed by atoms with van der Waals surface area (Å²) in [4.78, 5) is 6.14. The number of aromatic nitrogens is 3. The number of nitrogens with one attached hydrogen (secondary N) is 1. The smallest absolute Gasteiger partial charge is 0.244 e. The summed E-state index contributed by atoms with van der Waals surface area (Å²) < 4.78 is 5.16. The first-order valence-electron chi connectivity index (χ1n) is 5.63. The average Bonchev–Trinajstić information content (AvgIpc) is 2.89. The number of hydrogen-bond donors (Lipinski definition) is 2. The Hall–Kier alpha value is -2.08. The zero-order valence-corrected chi connectivity index (χ0v) is 10.4. The summed E-state index contributed by atoms with van der Waals surface area (Å²) in [5, 5.41) is 15.8. The van der Waals surface area contributed by atoms with Crippen molar-refractivity contribution in [3.8, 4) is 17.1 Å². The van der Waals surface area contributed by atoms with Crippen LogP contribution in [0, 0.1) is 0 Å². The van der Waals surface area contributed by atoms with E-state index in [0.29, 0.717) is 18.3 Å². The van der Waals surface area contributed by atoms with Gasteiger partial charge in [-0.2, -0.15) is 4.98 Å². The van der Waals surface area contributed by atoms with Crippen LogP contribution in [0.15, 0.2) is 24.3 Å². The predicted octanol–water partition coefficient (Wildman–Crippen LogP) is 0.909. The van der Waals surface area contributed by atoms with Gasteiger partial charge in [-0.05, 0) is 12.1 Å². The number of nitrogens with zero attached hydrogens (tertiary/aromatic N) is 3. The fourth-order valence-electron chi connectivity index (χ4n) is 1.57. The monoisotopic (exact) mass is 248 g/mol. The van der Waals surface area contributed by atoms with Crippen molar-refractivity contribution in [3.05, 3.63) is 24.3 Å². The van der Waals surface area contributed by atoms with E-state index >= 15 is 0 Å². The van der Waals surface area contributed by atoms with Gasteiger partial charge in [0.15, 0.2) is 5.82 Å². The van der Waals surface area contributed by atoms with E-state index in [1.165, 1.54) is 0 Å². The van der Waals surface area contributed by atoms with Gasteiger partial charge >= 0.3 is 0 Å². The molecule has 0 saturated heterocycles. The lowest BCUT2D eigenvalue weighted by atomic mass is 10.2. The number of benzene rings is 1. The highest BCUT2D eigenvalue weighted by Crippen LogP contribution is 2.21. The largest absolute Gasteiger partial charge is 0.497 e. The summed E-state index contributed by atoms with van der Waals surface area (Å²) in [7, 11) is 3.45. The molecular formula is C12H16N4O2. The maximum atomic E-state index is 8.87. The number of rotatable bonds is 5. The lowest BCUT2D eigenvalue weighted by Gasteiger charge is -2.11. The summed E-state index contributed by atoms with van der Waals surface area (Å²) in [5.41, 5.74) is 0.908. The van der Waals surface area contributed by atoms with E-state index in [-0.39, 0.29) is 6.61 Å². The van der Waals surface area contributed by atoms with Crippen LogP contribution >= 0.6 is 0 Å². The molecule has 96 valence electrons. The van der Waals surface area contributed by atoms with Gasteiger partial charge in [-0.3, -0.25) is 5.10 Å². The lowest BCUT2D eigenvalue weighted by Crippen LogP contribution is -2.22. The van der Waals surface area contributed by atoms with Crippen LogP contribution in [0.3, 0.4) is 0 Å². The van der Waals surface area contributed by atoms with Crippen molar-refractivity contribution in [3.63, 3.8) is 0 Å². The molecule has 1 aromatic heterocycles. The molecular weight excluding hydrogens is 232 g/mol. The van der Waals surface area contributed by atoms with Crippen molar-refractivity contribution < 1.29 is 9.84 Å². The van der Waals surface area contributed by atoms with Crippen LogP contribution in [0.1, 0.15) is 0 Å². The second-order valence-electron chi connectivity index (χ2n) is 3.86. The molecule has 0 bridgehead atoms. The second kappa shape index (κ2) is 5.50. The summed E-state index contributed by atoms with van der Waals surface area (Å²) in [5.74, 6) is 2.00. The number of hydrogen-bond acceptors (Lipinski definition) is 5. The fourth-order valence-corrected chi connectivity index (χ4v) is 1.57. The number of methoxy groups -OCH3 is 1. The molecule has 0 unspecified atom stereocenters. The standard InChI is InChI=1S/C12H16N4O2/c1-16(6-7-17)12-13-11(14-15-12)9-4-3-5-10(8-9)18-2/h3-5,8,17H,6-7H2,1-2H3,(H,13,14,15). The Balaban J connectivity index is 2.23. The molecule has 2 rings (SSSR count). The molecule has 1 heterocycles. The topological polar surface area (TPSA) is 74.3 Å². The van der Waals surface area contributed by atoms with Gasteiger partial charge in [0.1, 0.15) is 5.75 Å². The Labute approximate surface area is 105 Å². The first-order chi connectivity index (χ1) is 8.74. The Kier molecular flexibility index (Phi) is 3.78. The Bertz CT molecular complexity index is 512. The van der Waals surface area contributed by atoms with Gasteiger partial charge in [0.25, 0.3) is 0 Å². The molecule has 0 aliphatic carbocycles. The quantitative estimate of drug-likeness (QED) is 0.822. The molecule has 0 spiro atoms. The molecule has 0 amide bonds. The third-order valence-corrected chi connectivity index (χ3v) is 2.59. The van der Waals surface area contributed by atoms with Crippen LogP contribution in [0.5, 0.6) is 5.75 Å². The number of aliphatic hydroxyl groups is 1. The van der Waals surface area contributed by atoms with Crippen LogP contribution in [0.2, 0.25) is 0 Å². The van der Waals surface area contributed by atoms with Crippen LogP contribution in [0.25, 0.3) is 11.4 Å². The minimum atomic E-state index is 0.0690. The van der Waals surface area contributed by atoms with E-state index in [1.54, 1.807) is 12.0 Å². The van der Waals surface area contributed by atoms with Gasteiger partial charge in [0.05, 0.1) is 13.7 Å². The van der Waals surface area contributed by atoms with Crippen molar-refractivity contribution in [2.24, 2.45) is 0 Å². The molecule has 18 heavy (non-hydrogen) atoms. The first-order valence-corrected chi connectivity index (χ1v) is 5.63. The average molecular weight is 248 g/mol. The highest BCUT2D eigenvalue weighted by Gasteiger charge is 2.09. The Morgan fingerprint density at radius 3 is 3.00 bits per heavy atom. The van der Waals surface area contributed by atoms with Gasteiger partial charge in [0, 0.05) is 19.2 Å². The van der Waals surface area contributed by atoms with E-state index in [2.05, 4.69) is 15.2 Å². The number of aromatic amines is 1. The zero-order chi connectivity index (χ0) is 13.0. The maximum absolute atomic E-state index is 8.87. The van der Waals surface area contributed by atoms with Gasteiger partial charge in [-0.1, -0.05) is 12.1 Å². The third kappa shape index (κ3) is 2.60. The van der Waals surface area contributed by atoms with E-state index < -0.39 is 0 Å². The SMILES string of the molecule is COc1cccc(-c2nc(N(C)CCO)n[nH]2)c1. The van der Waals surface area contributed by atoms with Crippen LogP contribution in [0.4, 0.5) is 5.95 Å². The normalized spacial score (nSPS) is 10.4. The van der Waals surface area contributed by atoms with Crippen LogP contribution in [-0.2, 0) is 0 Å². The van der Waals surface area contributed by atoms with Gasteiger partial charge in [-0.15, -0.1) is 5.10 Å². The molecule has 0 radical (unpaired) electrons. The predicted molar refractivity (Wildman–Crippen MR) is 68.7 cm³/mol. The number of ether oxygens (including phenoxy) is 1. The molecule has 0 saturated carbocycles. The maximum Gasteiger partial charge on any atom is 0.244 e. The van der Waals surface area contributed by atoms with Crippen molar-refractivity contribution in [2.75, 3.05) is 32.2 Å². The molecule has 0 aliphatic heterocycles. The molecule has 2 aromatic rings. The number of aliphatic hydroxyl groups excluding tert-OH is 1. The minimum absolute atomic E-state index is 0.0690. The van der Waals surface area contributed by atoms with Gasteiger partial charge in [0.2, 0.25) is 5.95 Å². The van der Waals surface area contributed by atoms with E-state index in [0.717, 1.165) is 11.3 Å². The van der Waals surface area contributed by atoms with E-state index in [4.69, 9.17) is 9.84 Å². The third-order valence-electron chi connectivity index (χ3n) is 2.59. The molecule has 1 aromatic carbocycles. The first kappa shape index (κ1) is 12.4. The van der Waals surface area contributed by atoms with Crippen molar-refractivity contribution >= 4 is 5.95 Å². The highest BCUT2D eigenvalue weighted by molar-refractivity contribution is 5.58. The highest BCUT2D eigenvalue weighted by atomic mass is 16.5. The van der Waals surface area contributed by atoms with Crippen LogP contribution in [-0.4, -0.2) is 47.6 Å². The van der Waals surface area contributed by atoms with Crippen LogP contribution < -0.4 is 9.64 Å². The fraction of sp³-hybridized carbons (Fsp3) is 0.333. The minimum Gasteiger partial charge on any atom is -0.497 e. The summed E-state index contributed by atoms with van der Waals surface area (Å²) in [6, 6.07) is 7.58. The summed E-state index contributed by atoms with van der Waals surface area (Å²) >= 11 is 0. The number of anilines is 1. The molecule has 0 fully saturated rings. The molecule has 2 N–H and O–H groups in total. The molecule has 0 aliphatic rings. The van der Waals surface area contributed by atoms with Gasteiger partial charge in [-0.25, -0.2) is 0 Å². The summed E-state index contributed by atoms with van der Waals surface area (Å²) in [6.07, 6.45) is 0. The Morgan fingerprint density at radius 2 is 2.28 bits per heavy atom. The van der Waals surface area contributed by atoms with Crippen molar-refractivity contribution in [1.82, 2.24) is 15.2 Å². The Morgan fingerprint density at radius 1 is 1.44 bits per heavy atom. The van der Waals surface area contributed by atoms with Gasteiger partial charge < -0.3 is 14.7 Å². The zero-order valence-electron chi connectivity index (χ0n) is 10.4. The second-order valence-corrected chi connectivity index (χ2v) is 3.86. The van der Waals surface area contributed by atoms with Crippen molar-refractivity contribution in [1.29, 1.82) is 0 Å². The molecule has 0 atom stereocenters. The molecule has 6 nitrogen and oxygen atoms in total. The number of likely N-dealkylation sites (N-methyl/N-ethyl adjacent to an activating group) is 1. The number of H-pyrrole nitrogens is 1. The van der Waals surface area contributed by atoms with E-state index in [9.17, 15) is 0 Å². The lowest BCUT2D eigenvalue weighted by molar-refractivity contribution is 0.303. The molecule has 6 heteroatoms. The van der Waals surface area contributed by atoms with E-state index in [1.807, 2.05) is 31.3 Å². The summed E-state index contributed by atoms with van der Waals surface area (Å²) in [6.45, 7) is 0.564. The van der Waals surface area contributed by atoms with Crippen molar-refractivity contribution in [2.45, 2.75) is 0 Å².